The Kier molecular flexibility index (Phi) is 6.46. The maximum absolute atomic E-state index is 5.33. The van der Waals surface area contributed by atoms with Gasteiger partial charge in [0.25, 0.3) is 0 Å². The van der Waals surface area contributed by atoms with Crippen LogP contribution < -0.4 is 4.74 Å². The van der Waals surface area contributed by atoms with Crippen LogP contribution in [0.4, 0.5) is 0 Å². The molecule has 0 heterocycles. The van der Waals surface area contributed by atoms with Crippen molar-refractivity contribution in [1.82, 2.24) is 0 Å². The van der Waals surface area contributed by atoms with Gasteiger partial charge in [-0.15, -0.1) is 0 Å². The minimum absolute atomic E-state index is 0.790. The smallest absolute Gasteiger partial charge is 0.118 e. The number of hydrogen-bond acceptors (Lipinski definition) is 1. The van der Waals surface area contributed by atoms with E-state index in [1.54, 1.807) is 31.9 Å². The lowest BCUT2D eigenvalue weighted by molar-refractivity contribution is 0.0712. The van der Waals surface area contributed by atoms with Gasteiger partial charge in [0.15, 0.2) is 0 Å². The summed E-state index contributed by atoms with van der Waals surface area (Å²) in [5.74, 6) is 7.00. The summed E-state index contributed by atoms with van der Waals surface area (Å²) in [5, 5.41) is 0. The maximum atomic E-state index is 5.33. The summed E-state index contributed by atoms with van der Waals surface area (Å²) in [4.78, 5) is 0. The van der Waals surface area contributed by atoms with Crippen LogP contribution in [-0.4, -0.2) is 7.11 Å². The molecule has 3 saturated carbocycles. The highest BCUT2D eigenvalue weighted by molar-refractivity contribution is 5.29. The zero-order chi connectivity index (χ0) is 18.6. The van der Waals surface area contributed by atoms with Gasteiger partial charge >= 0.3 is 0 Å². The van der Waals surface area contributed by atoms with Gasteiger partial charge in [-0.3, -0.25) is 0 Å². The predicted octanol–water partition coefficient (Wildman–Crippen LogP) is 7.60. The van der Waals surface area contributed by atoms with Gasteiger partial charge in [-0.1, -0.05) is 44.7 Å². The first-order chi connectivity index (χ1) is 13.3. The van der Waals surface area contributed by atoms with E-state index in [9.17, 15) is 0 Å². The fraction of sp³-hybridized carbons (Fsp3) is 0.769. The molecule has 1 aromatic rings. The van der Waals surface area contributed by atoms with Crippen molar-refractivity contribution in [3.8, 4) is 5.75 Å². The molecule has 3 aliphatic rings. The average Bonchev–Trinajstić information content (AvgIpc) is 2.74. The Balaban J connectivity index is 1.29. The number of hydrogen-bond donors (Lipinski definition) is 0. The molecular formula is C26H40O. The summed E-state index contributed by atoms with van der Waals surface area (Å²) in [6.07, 6.45) is 17.9. The van der Waals surface area contributed by atoms with Crippen LogP contribution in [0.15, 0.2) is 24.3 Å². The van der Waals surface area contributed by atoms with Crippen molar-refractivity contribution >= 4 is 0 Å². The van der Waals surface area contributed by atoms with Crippen molar-refractivity contribution < 1.29 is 4.74 Å². The van der Waals surface area contributed by atoms with Crippen LogP contribution in [0.1, 0.15) is 95.5 Å². The zero-order valence-corrected chi connectivity index (χ0v) is 17.7. The van der Waals surface area contributed by atoms with Crippen LogP contribution in [0.2, 0.25) is 0 Å². The fourth-order valence-electron chi connectivity index (χ4n) is 6.89. The molecule has 0 radical (unpaired) electrons. The molecule has 150 valence electrons. The first-order valence-corrected chi connectivity index (χ1v) is 11.9. The van der Waals surface area contributed by atoms with Gasteiger partial charge in [0.2, 0.25) is 0 Å². The van der Waals surface area contributed by atoms with Crippen molar-refractivity contribution in [2.45, 2.75) is 89.9 Å². The summed E-state index contributed by atoms with van der Waals surface area (Å²) in [6.45, 7) is 2.36. The Morgan fingerprint density at radius 1 is 0.741 bits per heavy atom. The Morgan fingerprint density at radius 3 is 2.00 bits per heavy atom. The molecule has 4 atom stereocenters. The highest BCUT2D eigenvalue weighted by Gasteiger charge is 2.38. The fourth-order valence-corrected chi connectivity index (χ4v) is 6.89. The first kappa shape index (κ1) is 19.3. The molecule has 3 aliphatic carbocycles. The minimum atomic E-state index is 0.790. The molecule has 4 unspecified atom stereocenters. The molecule has 3 fully saturated rings. The first-order valence-electron chi connectivity index (χ1n) is 11.9. The monoisotopic (exact) mass is 368 g/mol. The van der Waals surface area contributed by atoms with Crippen LogP contribution in [0.5, 0.6) is 5.75 Å². The second-order valence-electron chi connectivity index (χ2n) is 9.95. The third kappa shape index (κ3) is 4.54. The standard InChI is InChI=1S/C26H40O/c1-3-4-19-5-7-20(8-6-19)22-9-11-25-18-23(10-12-24(25)17-22)21-13-15-26(27-2)16-14-21/h13-16,19-20,22-25H,3-12,17-18H2,1-2H3. The summed E-state index contributed by atoms with van der Waals surface area (Å²) in [7, 11) is 1.76. The normalized spacial score (nSPS) is 36.8. The second-order valence-corrected chi connectivity index (χ2v) is 9.95. The molecule has 27 heavy (non-hydrogen) atoms. The predicted molar refractivity (Wildman–Crippen MR) is 114 cm³/mol. The number of fused-ring (bicyclic) bond motifs is 1. The van der Waals surface area contributed by atoms with Gasteiger partial charge in [0.05, 0.1) is 7.11 Å². The van der Waals surface area contributed by atoms with Crippen LogP contribution >= 0.6 is 0 Å². The minimum Gasteiger partial charge on any atom is -0.497 e. The van der Waals surface area contributed by atoms with E-state index in [-0.39, 0.29) is 0 Å². The molecule has 0 amide bonds. The van der Waals surface area contributed by atoms with E-state index < -0.39 is 0 Å². The number of ether oxygens (including phenoxy) is 1. The van der Waals surface area contributed by atoms with E-state index >= 15 is 0 Å². The number of rotatable bonds is 5. The molecule has 4 rings (SSSR count). The lowest BCUT2D eigenvalue weighted by Gasteiger charge is -2.45. The molecule has 1 heteroatoms. The molecule has 1 nitrogen and oxygen atoms in total. The molecule has 1 aromatic carbocycles. The van der Waals surface area contributed by atoms with Crippen LogP contribution in [0.25, 0.3) is 0 Å². The van der Waals surface area contributed by atoms with E-state index in [1.807, 2.05) is 0 Å². The Bertz CT molecular complexity index is 568. The summed E-state index contributed by atoms with van der Waals surface area (Å²) in [5.41, 5.74) is 1.55. The Labute approximate surface area is 167 Å². The summed E-state index contributed by atoms with van der Waals surface area (Å²) >= 11 is 0. The van der Waals surface area contributed by atoms with E-state index in [1.165, 1.54) is 57.8 Å². The van der Waals surface area contributed by atoms with Crippen molar-refractivity contribution in [1.29, 1.82) is 0 Å². The average molecular weight is 369 g/mol. The molecule has 0 bridgehead atoms. The molecule has 0 N–H and O–H groups in total. The van der Waals surface area contributed by atoms with Gasteiger partial charge in [-0.05, 0) is 105 Å². The van der Waals surface area contributed by atoms with Gasteiger partial charge in [-0.25, -0.2) is 0 Å². The molecule has 0 saturated heterocycles. The highest BCUT2D eigenvalue weighted by Crippen LogP contribution is 2.51. The van der Waals surface area contributed by atoms with Gasteiger partial charge in [-0.2, -0.15) is 0 Å². The molecule has 0 spiro atoms. The number of benzene rings is 1. The SMILES string of the molecule is CCCC1CCC(C2CCC3CC(c4ccc(OC)cc4)CCC3C2)CC1. The van der Waals surface area contributed by atoms with Crippen molar-refractivity contribution in [2.75, 3.05) is 7.11 Å². The third-order valence-electron chi connectivity index (χ3n) is 8.50. The van der Waals surface area contributed by atoms with Crippen molar-refractivity contribution in [3.05, 3.63) is 29.8 Å². The zero-order valence-electron chi connectivity index (χ0n) is 17.7. The van der Waals surface area contributed by atoms with Crippen molar-refractivity contribution in [3.63, 3.8) is 0 Å². The molecular weight excluding hydrogens is 328 g/mol. The van der Waals surface area contributed by atoms with Crippen LogP contribution in [-0.2, 0) is 0 Å². The van der Waals surface area contributed by atoms with E-state index in [0.717, 1.165) is 41.3 Å². The second kappa shape index (κ2) is 9.01. The Morgan fingerprint density at radius 2 is 1.33 bits per heavy atom. The topological polar surface area (TPSA) is 9.23 Å². The molecule has 0 aromatic heterocycles. The van der Waals surface area contributed by atoms with E-state index in [0.29, 0.717) is 0 Å². The maximum Gasteiger partial charge on any atom is 0.118 e. The Hall–Kier alpha value is -0.980. The third-order valence-corrected chi connectivity index (χ3v) is 8.50. The van der Waals surface area contributed by atoms with Crippen LogP contribution in [0, 0.1) is 29.6 Å². The largest absolute Gasteiger partial charge is 0.497 e. The summed E-state index contributed by atoms with van der Waals surface area (Å²) in [6, 6.07) is 8.91. The lowest BCUT2D eigenvalue weighted by Crippen LogP contribution is -2.34. The van der Waals surface area contributed by atoms with Crippen molar-refractivity contribution in [2.24, 2.45) is 29.6 Å². The summed E-state index contributed by atoms with van der Waals surface area (Å²) < 4.78 is 5.33. The van der Waals surface area contributed by atoms with Gasteiger partial charge < -0.3 is 4.74 Å². The van der Waals surface area contributed by atoms with Gasteiger partial charge in [0.1, 0.15) is 5.75 Å². The molecule has 0 aliphatic heterocycles. The highest BCUT2D eigenvalue weighted by atomic mass is 16.5. The van der Waals surface area contributed by atoms with Crippen LogP contribution in [0.3, 0.4) is 0 Å². The van der Waals surface area contributed by atoms with E-state index in [2.05, 4.69) is 31.2 Å². The van der Waals surface area contributed by atoms with E-state index in [4.69, 9.17) is 4.74 Å². The lowest BCUT2D eigenvalue weighted by atomic mass is 9.60. The quantitative estimate of drug-likeness (QED) is 0.520. The van der Waals surface area contributed by atoms with Gasteiger partial charge in [0, 0.05) is 0 Å². The number of methoxy groups -OCH3 is 1.